The highest BCUT2D eigenvalue weighted by Crippen LogP contribution is 2.21. The molecule has 0 saturated carbocycles. The Morgan fingerprint density at radius 2 is 0.769 bits per heavy atom. The number of nitrogens with one attached hydrogen (secondary N) is 13. The van der Waals surface area contributed by atoms with Gasteiger partial charge in [-0.25, -0.2) is 0 Å². The van der Waals surface area contributed by atoms with Crippen LogP contribution in [0.15, 0.2) is 146 Å². The number of nitrogens with two attached hydrogens (primary N) is 3. The van der Waals surface area contributed by atoms with Crippen molar-refractivity contribution in [3.63, 3.8) is 0 Å². The van der Waals surface area contributed by atoms with Crippen molar-refractivity contribution < 1.29 is 87.5 Å². The number of benzene rings is 5. The van der Waals surface area contributed by atoms with E-state index in [-0.39, 0.29) is 89.0 Å². The maximum Gasteiger partial charge on any atom is 0.303 e. The minimum absolute atomic E-state index is 0.0311. The van der Waals surface area contributed by atoms with E-state index in [0.717, 1.165) is 0 Å². The van der Waals surface area contributed by atoms with Gasteiger partial charge in [0.2, 0.25) is 76.8 Å². The van der Waals surface area contributed by atoms with E-state index < -0.39 is 187 Å². The number of aromatic amines is 1. The average Bonchev–Trinajstić information content (AvgIpc) is 1.68. The summed E-state index contributed by atoms with van der Waals surface area (Å²) in [6.07, 6.45) is -1.00. The van der Waals surface area contributed by atoms with Gasteiger partial charge >= 0.3 is 5.97 Å². The molecule has 117 heavy (non-hydrogen) atoms. The maximum absolute atomic E-state index is 15.1. The molecule has 1 heterocycles. The molecule has 6 rings (SSSR count). The number of hydrogen-bond donors (Lipinski definition) is 20. The molecular formula is C83H112N16O18. The summed E-state index contributed by atoms with van der Waals surface area (Å²) in [5, 5.41) is 73.0. The Labute approximate surface area is 678 Å². The Kier molecular flexibility index (Phi) is 38.7. The maximum atomic E-state index is 15.1. The van der Waals surface area contributed by atoms with Crippen LogP contribution in [0.5, 0.6) is 5.75 Å². The van der Waals surface area contributed by atoms with E-state index >= 15 is 4.79 Å². The Morgan fingerprint density at radius 3 is 1.20 bits per heavy atom. The Hall–Kier alpha value is -12.1. The van der Waals surface area contributed by atoms with Gasteiger partial charge in [-0.2, -0.15) is 0 Å². The number of hydrogen-bond acceptors (Lipinski definition) is 19. The monoisotopic (exact) mass is 1620 g/mol. The number of phenols is 1. The van der Waals surface area contributed by atoms with E-state index in [2.05, 4.69) is 68.8 Å². The number of aromatic hydroxyl groups is 1. The zero-order valence-corrected chi connectivity index (χ0v) is 66.4. The summed E-state index contributed by atoms with van der Waals surface area (Å²) in [7, 11) is 0. The Balaban J connectivity index is 1.23. The number of amides is 13. The largest absolute Gasteiger partial charge is 0.508 e. The second-order valence-corrected chi connectivity index (χ2v) is 29.5. The molecule has 13 amide bonds. The Bertz CT molecular complexity index is 4290. The van der Waals surface area contributed by atoms with Gasteiger partial charge in [-0.3, -0.25) is 67.1 Å². The predicted octanol–water partition coefficient (Wildman–Crippen LogP) is -0.481. The van der Waals surface area contributed by atoms with Gasteiger partial charge in [0, 0.05) is 61.5 Å². The Morgan fingerprint density at radius 1 is 0.402 bits per heavy atom. The fourth-order valence-corrected chi connectivity index (χ4v) is 12.7. The van der Waals surface area contributed by atoms with E-state index in [4.69, 9.17) is 17.2 Å². The number of aliphatic hydroxyl groups excluding tert-OH is 2. The van der Waals surface area contributed by atoms with Crippen LogP contribution in [0.4, 0.5) is 0 Å². The van der Waals surface area contributed by atoms with Crippen LogP contribution in [0.25, 0.3) is 10.9 Å². The smallest absolute Gasteiger partial charge is 0.303 e. The standard InChI is InChI=1S/C83H112N16O18/c1-48(2)39-62(78(112)97-67(44-55-45-87-58-28-16-15-27-57(55)58)74(108)88-46-69(103)89-63(40-51-21-9-6-10-22-51)82(116)99-71(50(5)101)72(86)106)94-80(114)66(43-54-31-33-56(102)34-32-54)95-76(110)60(30-18-20-38-85)90-75(109)59(29-17-19-37-84)91-77(111)61(35-36-70(104)105)92-83(117)68(47-100)98-81(115)65(42-53-25-13-8-14-26-53)96-79(113)64(93-73(107)49(3)4)41-52-23-11-7-12-24-52/h6-16,21-28,31-34,45,48-50,59-68,71,87,100-102H,17-20,29-30,35-44,46-47,84-85H2,1-5H3,(H2,86,106)(H,88,108)(H,89,103)(H,90,109)(H,91,111)(H,92,117)(H,93,107)(H,94,114)(H,95,110)(H,96,113)(H,97,112)(H,98,115)(H,99,116)(H,104,105)/t50-,59+,60+,61+,62+,63+,64+,65+,66+,67+,68+,71+/m1/s1. The lowest BCUT2D eigenvalue weighted by atomic mass is 9.99. The number of para-hydroxylation sites is 1. The summed E-state index contributed by atoms with van der Waals surface area (Å²) in [4.78, 5) is 200. The third-order valence-corrected chi connectivity index (χ3v) is 19.1. The van der Waals surface area contributed by atoms with Gasteiger partial charge < -0.3 is 106 Å². The van der Waals surface area contributed by atoms with E-state index in [1.807, 2.05) is 0 Å². The van der Waals surface area contributed by atoms with E-state index in [1.165, 1.54) is 31.2 Å². The number of primary amides is 1. The number of carbonyl (C=O) groups is 14. The first-order chi connectivity index (χ1) is 55.9. The number of carbonyl (C=O) groups excluding carboxylic acids is 13. The van der Waals surface area contributed by atoms with Crippen molar-refractivity contribution in [2.45, 2.75) is 197 Å². The molecule has 0 radical (unpaired) electrons. The average molecular weight is 1620 g/mol. The van der Waals surface area contributed by atoms with E-state index in [9.17, 15) is 82.8 Å². The van der Waals surface area contributed by atoms with Crippen LogP contribution in [0.1, 0.15) is 120 Å². The lowest BCUT2D eigenvalue weighted by molar-refractivity contribution is -0.139. The summed E-state index contributed by atoms with van der Waals surface area (Å²) >= 11 is 0. The molecule has 0 bridgehead atoms. The molecular weight excluding hydrogens is 1510 g/mol. The molecule has 0 saturated heterocycles. The molecule has 5 aromatic carbocycles. The number of carboxylic acid groups (broad SMARTS) is 1. The molecule has 0 aliphatic carbocycles. The number of unbranched alkanes of at least 4 members (excludes halogenated alkanes) is 2. The first-order valence-corrected chi connectivity index (χ1v) is 39.1. The van der Waals surface area contributed by atoms with Crippen molar-refractivity contribution in [2.24, 2.45) is 29.0 Å². The number of fused-ring (bicyclic) bond motifs is 1. The number of phenolic OH excluding ortho intramolecular Hbond substituents is 1. The molecule has 0 unspecified atom stereocenters. The van der Waals surface area contributed by atoms with Crippen LogP contribution >= 0.6 is 0 Å². The minimum Gasteiger partial charge on any atom is -0.508 e. The van der Waals surface area contributed by atoms with Crippen LogP contribution < -0.4 is 81.0 Å². The molecule has 1 aromatic heterocycles. The SMILES string of the molecule is CC(C)C[C@H](NC(=O)[C@H](Cc1ccc(O)cc1)NC(=O)[C@H](CCCCN)NC(=O)[C@H](CCCCN)NC(=O)[C@H](CCC(=O)O)NC(=O)[C@H](CO)NC(=O)[C@H](Cc1ccccc1)NC(=O)[C@H](Cc1ccccc1)NC(=O)C(C)C)C(=O)N[C@@H](Cc1c[nH]c2ccccc12)C(=O)NCC(=O)N[C@@H](Cc1ccccc1)C(=O)N[C@H](C(N)=O)[C@@H](C)O. The van der Waals surface area contributed by atoms with Gasteiger partial charge in [0.05, 0.1) is 19.3 Å². The number of aromatic nitrogens is 1. The second-order valence-electron chi connectivity index (χ2n) is 29.5. The van der Waals surface area contributed by atoms with Crippen molar-refractivity contribution in [1.82, 2.24) is 68.8 Å². The number of aliphatic carboxylic acids is 1. The van der Waals surface area contributed by atoms with Crippen LogP contribution in [-0.4, -0.2) is 207 Å². The fraction of sp³-hybridized carbons (Fsp3) is 0.446. The highest BCUT2D eigenvalue weighted by atomic mass is 16.4. The summed E-state index contributed by atoms with van der Waals surface area (Å²) in [5.74, 6) is -14.2. The van der Waals surface area contributed by atoms with Crippen molar-refractivity contribution in [1.29, 1.82) is 0 Å². The van der Waals surface area contributed by atoms with Crippen molar-refractivity contribution in [3.8, 4) is 5.75 Å². The van der Waals surface area contributed by atoms with E-state index in [0.29, 0.717) is 51.6 Å². The minimum atomic E-state index is -1.84. The number of rotatable bonds is 50. The quantitative estimate of drug-likeness (QED) is 0.0214. The van der Waals surface area contributed by atoms with Crippen molar-refractivity contribution >= 4 is 93.7 Å². The van der Waals surface area contributed by atoms with Crippen molar-refractivity contribution in [3.05, 3.63) is 174 Å². The predicted molar refractivity (Wildman–Crippen MR) is 433 cm³/mol. The molecule has 0 aliphatic rings. The molecule has 34 heteroatoms. The van der Waals surface area contributed by atoms with Crippen molar-refractivity contribution in [2.75, 3.05) is 26.2 Å². The van der Waals surface area contributed by atoms with Gasteiger partial charge in [0.1, 0.15) is 72.2 Å². The molecule has 0 spiro atoms. The second kappa shape index (κ2) is 48.3. The number of H-pyrrole nitrogens is 1. The van der Waals surface area contributed by atoms with Crippen LogP contribution in [0.3, 0.4) is 0 Å². The fourth-order valence-electron chi connectivity index (χ4n) is 12.7. The van der Waals surface area contributed by atoms with Gasteiger partial charge in [0.15, 0.2) is 0 Å². The molecule has 632 valence electrons. The number of carboxylic acids is 1. The summed E-state index contributed by atoms with van der Waals surface area (Å²) < 4.78 is 0. The molecule has 12 atom stereocenters. The topological polar surface area (TPSA) is 558 Å². The van der Waals surface area contributed by atoms with Gasteiger partial charge in [-0.15, -0.1) is 0 Å². The van der Waals surface area contributed by atoms with Crippen LogP contribution in [0.2, 0.25) is 0 Å². The highest BCUT2D eigenvalue weighted by Gasteiger charge is 2.38. The lowest BCUT2D eigenvalue weighted by Crippen LogP contribution is -2.61. The third-order valence-electron chi connectivity index (χ3n) is 19.1. The third kappa shape index (κ3) is 31.9. The summed E-state index contributed by atoms with van der Waals surface area (Å²) in [5.41, 5.74) is 20.7. The first kappa shape index (κ1) is 93.7. The van der Waals surface area contributed by atoms with Gasteiger partial charge in [-0.05, 0) is 123 Å². The summed E-state index contributed by atoms with van der Waals surface area (Å²) in [6.45, 7) is 6.51. The molecule has 6 aromatic rings. The van der Waals surface area contributed by atoms with Gasteiger partial charge in [0.25, 0.3) is 0 Å². The molecule has 0 fully saturated rings. The van der Waals surface area contributed by atoms with Gasteiger partial charge in [-0.1, -0.05) is 149 Å². The molecule has 23 N–H and O–H groups in total. The molecule has 34 nitrogen and oxygen atoms in total. The number of aliphatic hydroxyl groups is 2. The first-order valence-electron chi connectivity index (χ1n) is 39.1. The molecule has 0 aliphatic heterocycles. The zero-order chi connectivity index (χ0) is 85.7. The van der Waals surface area contributed by atoms with Crippen LogP contribution in [-0.2, 0) is 99.2 Å². The summed E-state index contributed by atoms with van der Waals surface area (Å²) in [6, 6.07) is 22.0. The normalized spacial score (nSPS) is 14.3. The van der Waals surface area contributed by atoms with E-state index in [1.54, 1.807) is 149 Å². The lowest BCUT2D eigenvalue weighted by Gasteiger charge is -2.28. The van der Waals surface area contributed by atoms with Crippen LogP contribution in [0, 0.1) is 11.8 Å². The highest BCUT2D eigenvalue weighted by molar-refractivity contribution is 6.00. The zero-order valence-electron chi connectivity index (χ0n) is 66.4.